The molecule has 0 spiro atoms. The smallest absolute Gasteiger partial charge is 0.252 e. The zero-order chi connectivity index (χ0) is 13.2. The van der Waals surface area contributed by atoms with Crippen molar-refractivity contribution in [2.45, 2.75) is 0 Å². The molecule has 0 aromatic heterocycles. The SMILES string of the molecule is O=C(NCCl)c1cccc2cc3ccccc3cc12. The summed E-state index contributed by atoms with van der Waals surface area (Å²) in [5.41, 5.74) is 0.656. The van der Waals surface area contributed by atoms with E-state index >= 15 is 0 Å². The second kappa shape index (κ2) is 4.90. The summed E-state index contributed by atoms with van der Waals surface area (Å²) in [6.45, 7) is 0. The Balaban J connectivity index is 2.29. The van der Waals surface area contributed by atoms with Gasteiger partial charge in [-0.25, -0.2) is 0 Å². The zero-order valence-electron chi connectivity index (χ0n) is 10.2. The molecule has 0 atom stereocenters. The summed E-state index contributed by atoms with van der Waals surface area (Å²) >= 11 is 5.56. The minimum atomic E-state index is -0.143. The first kappa shape index (κ1) is 12.0. The van der Waals surface area contributed by atoms with Gasteiger partial charge >= 0.3 is 0 Å². The van der Waals surface area contributed by atoms with Crippen LogP contribution < -0.4 is 5.32 Å². The maximum atomic E-state index is 12.0. The fraction of sp³-hybridized carbons (Fsp3) is 0.0625. The van der Waals surface area contributed by atoms with Crippen LogP contribution in [0.2, 0.25) is 0 Å². The van der Waals surface area contributed by atoms with E-state index in [-0.39, 0.29) is 11.9 Å². The summed E-state index contributed by atoms with van der Waals surface area (Å²) in [5.74, 6) is -0.143. The van der Waals surface area contributed by atoms with E-state index in [2.05, 4.69) is 17.4 Å². The number of benzene rings is 3. The Morgan fingerprint density at radius 1 is 0.947 bits per heavy atom. The normalized spacial score (nSPS) is 10.8. The molecule has 0 radical (unpaired) electrons. The van der Waals surface area contributed by atoms with Gasteiger partial charge in [0.2, 0.25) is 0 Å². The van der Waals surface area contributed by atoms with Crippen molar-refractivity contribution in [3.63, 3.8) is 0 Å². The summed E-state index contributed by atoms with van der Waals surface area (Å²) < 4.78 is 0. The lowest BCUT2D eigenvalue weighted by molar-refractivity contribution is 0.0962. The number of carbonyl (C=O) groups excluding carboxylic acids is 1. The van der Waals surface area contributed by atoms with Crippen LogP contribution in [-0.4, -0.2) is 11.9 Å². The topological polar surface area (TPSA) is 29.1 Å². The molecular formula is C16H12ClNO. The van der Waals surface area contributed by atoms with Crippen LogP contribution in [0.3, 0.4) is 0 Å². The first-order valence-electron chi connectivity index (χ1n) is 6.05. The molecule has 0 aliphatic carbocycles. The summed E-state index contributed by atoms with van der Waals surface area (Å²) in [6, 6.07) is 18.1. The van der Waals surface area contributed by atoms with Crippen LogP contribution in [0.15, 0.2) is 54.6 Å². The molecule has 0 saturated heterocycles. The number of hydrogen-bond acceptors (Lipinski definition) is 1. The van der Waals surface area contributed by atoms with Crippen molar-refractivity contribution in [2.24, 2.45) is 0 Å². The molecule has 0 heterocycles. The Hall–Kier alpha value is -2.06. The van der Waals surface area contributed by atoms with E-state index in [4.69, 9.17) is 11.6 Å². The molecule has 3 aromatic carbocycles. The van der Waals surface area contributed by atoms with Gasteiger partial charge in [-0.2, -0.15) is 0 Å². The molecule has 0 aliphatic rings. The fourth-order valence-electron chi connectivity index (χ4n) is 2.32. The highest BCUT2D eigenvalue weighted by atomic mass is 35.5. The van der Waals surface area contributed by atoms with Gasteiger partial charge in [0.25, 0.3) is 5.91 Å². The lowest BCUT2D eigenvalue weighted by Crippen LogP contribution is -2.21. The Labute approximate surface area is 116 Å². The number of alkyl halides is 1. The number of fused-ring (bicyclic) bond motifs is 2. The van der Waals surface area contributed by atoms with Crippen LogP contribution in [0.25, 0.3) is 21.5 Å². The van der Waals surface area contributed by atoms with Crippen LogP contribution in [-0.2, 0) is 0 Å². The van der Waals surface area contributed by atoms with Crippen molar-refractivity contribution in [1.82, 2.24) is 5.32 Å². The molecule has 3 rings (SSSR count). The van der Waals surface area contributed by atoms with Crippen molar-refractivity contribution >= 4 is 39.1 Å². The minimum Gasteiger partial charge on any atom is -0.338 e. The summed E-state index contributed by atoms with van der Waals surface area (Å²) in [4.78, 5) is 12.0. The summed E-state index contributed by atoms with van der Waals surface area (Å²) in [7, 11) is 0. The summed E-state index contributed by atoms with van der Waals surface area (Å²) in [5, 5.41) is 6.93. The molecule has 94 valence electrons. The van der Waals surface area contributed by atoms with Crippen molar-refractivity contribution in [2.75, 3.05) is 6.00 Å². The Morgan fingerprint density at radius 3 is 2.37 bits per heavy atom. The van der Waals surface area contributed by atoms with Gasteiger partial charge in [-0.1, -0.05) is 36.4 Å². The largest absolute Gasteiger partial charge is 0.338 e. The van der Waals surface area contributed by atoms with Gasteiger partial charge < -0.3 is 5.32 Å². The standard InChI is InChI=1S/C16H12ClNO/c17-10-18-16(19)14-7-3-6-13-8-11-4-1-2-5-12(11)9-15(13)14/h1-9H,10H2,(H,18,19). The maximum Gasteiger partial charge on any atom is 0.252 e. The van der Waals surface area contributed by atoms with Gasteiger partial charge in [-0.15, -0.1) is 11.6 Å². The molecule has 19 heavy (non-hydrogen) atoms. The predicted molar refractivity (Wildman–Crippen MR) is 79.6 cm³/mol. The van der Waals surface area contributed by atoms with Crippen molar-refractivity contribution in [3.05, 3.63) is 60.2 Å². The number of amides is 1. The van der Waals surface area contributed by atoms with Crippen LogP contribution in [0, 0.1) is 0 Å². The van der Waals surface area contributed by atoms with E-state index in [1.54, 1.807) is 0 Å². The number of hydrogen-bond donors (Lipinski definition) is 1. The number of carbonyl (C=O) groups is 1. The van der Waals surface area contributed by atoms with Gasteiger partial charge in [0.05, 0.1) is 6.00 Å². The second-order valence-electron chi connectivity index (χ2n) is 4.37. The molecule has 0 aliphatic heterocycles. The third kappa shape index (κ3) is 2.15. The van der Waals surface area contributed by atoms with Crippen LogP contribution in [0.4, 0.5) is 0 Å². The summed E-state index contributed by atoms with van der Waals surface area (Å²) in [6.07, 6.45) is 0. The van der Waals surface area contributed by atoms with E-state index in [1.165, 1.54) is 5.39 Å². The monoisotopic (exact) mass is 269 g/mol. The Kier molecular flexibility index (Phi) is 3.10. The van der Waals surface area contributed by atoms with E-state index < -0.39 is 0 Å². The lowest BCUT2D eigenvalue weighted by Gasteiger charge is -2.08. The third-order valence-corrected chi connectivity index (χ3v) is 3.35. The minimum absolute atomic E-state index is 0.114. The first-order chi connectivity index (χ1) is 9.29. The molecular weight excluding hydrogens is 258 g/mol. The quantitative estimate of drug-likeness (QED) is 0.426. The molecule has 2 nitrogen and oxygen atoms in total. The molecule has 3 heteroatoms. The maximum absolute atomic E-state index is 12.0. The van der Waals surface area contributed by atoms with E-state index in [1.807, 2.05) is 42.5 Å². The number of halogens is 1. The third-order valence-electron chi connectivity index (χ3n) is 3.22. The molecule has 1 amide bonds. The average Bonchev–Trinajstić information content (AvgIpc) is 2.44. The van der Waals surface area contributed by atoms with Crippen LogP contribution >= 0.6 is 11.6 Å². The molecule has 0 bridgehead atoms. The zero-order valence-corrected chi connectivity index (χ0v) is 10.9. The van der Waals surface area contributed by atoms with Crippen LogP contribution in [0.1, 0.15) is 10.4 Å². The highest BCUT2D eigenvalue weighted by molar-refractivity contribution is 6.19. The van der Waals surface area contributed by atoms with Crippen molar-refractivity contribution in [1.29, 1.82) is 0 Å². The van der Waals surface area contributed by atoms with Gasteiger partial charge in [-0.3, -0.25) is 4.79 Å². The second-order valence-corrected chi connectivity index (χ2v) is 4.63. The Bertz CT molecular complexity index is 767. The van der Waals surface area contributed by atoms with E-state index in [0.29, 0.717) is 5.56 Å². The predicted octanol–water partition coefficient (Wildman–Crippen LogP) is 3.92. The van der Waals surface area contributed by atoms with Crippen molar-refractivity contribution < 1.29 is 4.79 Å². The van der Waals surface area contributed by atoms with Crippen molar-refractivity contribution in [3.8, 4) is 0 Å². The van der Waals surface area contributed by atoms with Gasteiger partial charge in [-0.05, 0) is 39.7 Å². The van der Waals surface area contributed by atoms with E-state index in [0.717, 1.165) is 16.2 Å². The highest BCUT2D eigenvalue weighted by Crippen LogP contribution is 2.25. The van der Waals surface area contributed by atoms with Crippen LogP contribution in [0.5, 0.6) is 0 Å². The first-order valence-corrected chi connectivity index (χ1v) is 6.59. The van der Waals surface area contributed by atoms with E-state index in [9.17, 15) is 4.79 Å². The fourth-order valence-corrected chi connectivity index (χ4v) is 2.44. The molecule has 1 N–H and O–H groups in total. The van der Waals surface area contributed by atoms with Gasteiger partial charge in [0.15, 0.2) is 0 Å². The lowest BCUT2D eigenvalue weighted by atomic mass is 9.99. The van der Waals surface area contributed by atoms with Gasteiger partial charge in [0, 0.05) is 5.56 Å². The highest BCUT2D eigenvalue weighted by Gasteiger charge is 2.09. The number of rotatable bonds is 2. The number of nitrogens with one attached hydrogen (secondary N) is 1. The molecule has 0 unspecified atom stereocenters. The van der Waals surface area contributed by atoms with Gasteiger partial charge in [0.1, 0.15) is 0 Å². The molecule has 0 saturated carbocycles. The molecule has 3 aromatic rings. The Morgan fingerprint density at radius 2 is 1.63 bits per heavy atom. The molecule has 0 fully saturated rings. The average molecular weight is 270 g/mol.